The molecule has 1 rings (SSSR count). The van der Waals surface area contributed by atoms with Crippen LogP contribution in [0.1, 0.15) is 52.4 Å². The average molecular weight is 227 g/mol. The van der Waals surface area contributed by atoms with Crippen LogP contribution in [-0.2, 0) is 4.79 Å². The van der Waals surface area contributed by atoms with E-state index in [-0.39, 0.29) is 5.92 Å². The van der Waals surface area contributed by atoms with Crippen molar-refractivity contribution >= 4 is 5.97 Å². The van der Waals surface area contributed by atoms with Crippen molar-refractivity contribution in [3.63, 3.8) is 0 Å². The molecule has 0 aromatic carbocycles. The summed E-state index contributed by atoms with van der Waals surface area (Å²) in [6.45, 7) is 4.77. The standard InChI is InChI=1S/C13H25NO2/c1-10(9-14)4-3-5-13(6-7-13)8-11(2)12(15)16/h10-11H,3-9,14H2,1-2H3,(H,15,16). The molecule has 0 aliphatic heterocycles. The minimum atomic E-state index is -0.651. The zero-order valence-electron chi connectivity index (χ0n) is 10.5. The van der Waals surface area contributed by atoms with E-state index in [0.717, 1.165) is 13.0 Å². The van der Waals surface area contributed by atoms with Gasteiger partial charge in [0, 0.05) is 0 Å². The molecular weight excluding hydrogens is 202 g/mol. The van der Waals surface area contributed by atoms with Crippen LogP contribution in [0.4, 0.5) is 0 Å². The average Bonchev–Trinajstić information content (AvgIpc) is 2.97. The molecule has 1 aliphatic rings. The summed E-state index contributed by atoms with van der Waals surface area (Å²) in [6.07, 6.45) is 6.88. The van der Waals surface area contributed by atoms with Gasteiger partial charge in [-0.3, -0.25) is 4.79 Å². The Bertz CT molecular complexity index is 236. The Kier molecular flexibility index (Phi) is 4.78. The molecule has 94 valence electrons. The van der Waals surface area contributed by atoms with Gasteiger partial charge >= 0.3 is 5.97 Å². The highest BCUT2D eigenvalue weighted by atomic mass is 16.4. The Morgan fingerprint density at radius 1 is 1.44 bits per heavy atom. The summed E-state index contributed by atoms with van der Waals surface area (Å²) in [4.78, 5) is 10.8. The van der Waals surface area contributed by atoms with Crippen LogP contribution in [0.3, 0.4) is 0 Å². The molecule has 16 heavy (non-hydrogen) atoms. The van der Waals surface area contributed by atoms with Gasteiger partial charge in [0.25, 0.3) is 0 Å². The van der Waals surface area contributed by atoms with E-state index in [1.165, 1.54) is 32.1 Å². The van der Waals surface area contributed by atoms with Crippen LogP contribution >= 0.6 is 0 Å². The van der Waals surface area contributed by atoms with Crippen LogP contribution in [0.25, 0.3) is 0 Å². The molecule has 0 saturated heterocycles. The van der Waals surface area contributed by atoms with Gasteiger partial charge in [-0.15, -0.1) is 0 Å². The lowest BCUT2D eigenvalue weighted by atomic mass is 9.87. The van der Waals surface area contributed by atoms with Gasteiger partial charge in [0.15, 0.2) is 0 Å². The first-order valence-electron chi connectivity index (χ1n) is 6.42. The summed E-state index contributed by atoms with van der Waals surface area (Å²) in [5, 5.41) is 8.91. The van der Waals surface area contributed by atoms with Crippen molar-refractivity contribution in [2.75, 3.05) is 6.54 Å². The molecule has 3 N–H and O–H groups in total. The number of hydrogen-bond donors (Lipinski definition) is 2. The molecular formula is C13H25NO2. The van der Waals surface area contributed by atoms with E-state index in [1.807, 2.05) is 6.92 Å². The van der Waals surface area contributed by atoms with Gasteiger partial charge in [0.1, 0.15) is 0 Å². The van der Waals surface area contributed by atoms with Crippen molar-refractivity contribution in [1.29, 1.82) is 0 Å². The zero-order chi connectivity index (χ0) is 12.2. The van der Waals surface area contributed by atoms with Gasteiger partial charge in [-0.05, 0) is 50.0 Å². The lowest BCUT2D eigenvalue weighted by Crippen LogP contribution is -2.16. The fraction of sp³-hybridized carbons (Fsp3) is 0.923. The monoisotopic (exact) mass is 227 g/mol. The van der Waals surface area contributed by atoms with E-state index >= 15 is 0 Å². The van der Waals surface area contributed by atoms with E-state index in [9.17, 15) is 4.79 Å². The zero-order valence-corrected chi connectivity index (χ0v) is 10.5. The van der Waals surface area contributed by atoms with E-state index < -0.39 is 5.97 Å². The van der Waals surface area contributed by atoms with Crippen LogP contribution in [0.2, 0.25) is 0 Å². The number of aliphatic carboxylic acids is 1. The second-order valence-electron chi connectivity index (χ2n) is 5.68. The van der Waals surface area contributed by atoms with Crippen molar-refractivity contribution < 1.29 is 9.90 Å². The largest absolute Gasteiger partial charge is 0.481 e. The SMILES string of the molecule is CC(CN)CCCC1(CC(C)C(=O)O)CC1. The molecule has 0 aromatic rings. The second kappa shape index (κ2) is 5.67. The summed E-state index contributed by atoms with van der Waals surface area (Å²) in [6, 6.07) is 0. The lowest BCUT2D eigenvalue weighted by molar-refractivity contribution is -0.141. The van der Waals surface area contributed by atoms with Crippen LogP contribution in [0, 0.1) is 17.3 Å². The van der Waals surface area contributed by atoms with Crippen molar-refractivity contribution in [3.05, 3.63) is 0 Å². The molecule has 1 aliphatic carbocycles. The van der Waals surface area contributed by atoms with E-state index in [0.29, 0.717) is 11.3 Å². The van der Waals surface area contributed by atoms with E-state index in [4.69, 9.17) is 10.8 Å². The molecule has 1 fully saturated rings. The highest BCUT2D eigenvalue weighted by molar-refractivity contribution is 5.69. The van der Waals surface area contributed by atoms with Crippen molar-refractivity contribution in [2.45, 2.75) is 52.4 Å². The third-order valence-corrected chi connectivity index (χ3v) is 3.92. The highest BCUT2D eigenvalue weighted by Crippen LogP contribution is 2.54. The quantitative estimate of drug-likeness (QED) is 0.670. The van der Waals surface area contributed by atoms with Gasteiger partial charge in [-0.1, -0.05) is 20.3 Å². The molecule has 2 atom stereocenters. The van der Waals surface area contributed by atoms with Crippen molar-refractivity contribution in [3.8, 4) is 0 Å². The first-order valence-corrected chi connectivity index (χ1v) is 6.42. The summed E-state index contributed by atoms with van der Waals surface area (Å²) in [7, 11) is 0. The van der Waals surface area contributed by atoms with Gasteiger partial charge in [-0.25, -0.2) is 0 Å². The maximum Gasteiger partial charge on any atom is 0.306 e. The molecule has 0 heterocycles. The van der Waals surface area contributed by atoms with Crippen LogP contribution in [0.15, 0.2) is 0 Å². The number of hydrogen-bond acceptors (Lipinski definition) is 2. The Morgan fingerprint density at radius 3 is 2.50 bits per heavy atom. The van der Waals surface area contributed by atoms with Crippen LogP contribution in [-0.4, -0.2) is 17.6 Å². The highest BCUT2D eigenvalue weighted by Gasteiger charge is 2.43. The Balaban J connectivity index is 2.23. The fourth-order valence-electron chi connectivity index (χ4n) is 2.41. The Morgan fingerprint density at radius 2 is 2.06 bits per heavy atom. The predicted octanol–water partition coefficient (Wildman–Crippen LogP) is 2.64. The van der Waals surface area contributed by atoms with Crippen molar-refractivity contribution in [2.24, 2.45) is 23.0 Å². The molecule has 0 bridgehead atoms. The number of carboxylic acid groups (broad SMARTS) is 1. The van der Waals surface area contributed by atoms with Gasteiger partial charge < -0.3 is 10.8 Å². The Labute approximate surface area is 98.4 Å². The molecule has 0 radical (unpaired) electrons. The molecule has 3 heteroatoms. The second-order valence-corrected chi connectivity index (χ2v) is 5.68. The molecule has 0 amide bonds. The normalized spacial score (nSPS) is 21.4. The maximum absolute atomic E-state index is 10.8. The summed E-state index contributed by atoms with van der Waals surface area (Å²) >= 11 is 0. The van der Waals surface area contributed by atoms with Crippen molar-refractivity contribution in [1.82, 2.24) is 0 Å². The van der Waals surface area contributed by atoms with Gasteiger partial charge in [0.05, 0.1) is 5.92 Å². The first kappa shape index (κ1) is 13.5. The van der Waals surface area contributed by atoms with Gasteiger partial charge in [-0.2, -0.15) is 0 Å². The van der Waals surface area contributed by atoms with Gasteiger partial charge in [0.2, 0.25) is 0 Å². The number of rotatable bonds is 8. The van der Waals surface area contributed by atoms with E-state index in [1.54, 1.807) is 0 Å². The number of nitrogens with two attached hydrogens (primary N) is 1. The fourth-order valence-corrected chi connectivity index (χ4v) is 2.41. The molecule has 3 nitrogen and oxygen atoms in total. The first-order chi connectivity index (χ1) is 7.49. The topological polar surface area (TPSA) is 63.3 Å². The summed E-state index contributed by atoms with van der Waals surface area (Å²) < 4.78 is 0. The smallest absolute Gasteiger partial charge is 0.306 e. The maximum atomic E-state index is 10.8. The van der Waals surface area contributed by atoms with Crippen LogP contribution < -0.4 is 5.73 Å². The number of carbonyl (C=O) groups is 1. The minimum Gasteiger partial charge on any atom is -0.481 e. The molecule has 2 unspecified atom stereocenters. The Hall–Kier alpha value is -0.570. The minimum absolute atomic E-state index is 0.186. The molecule has 0 spiro atoms. The van der Waals surface area contributed by atoms with Crippen LogP contribution in [0.5, 0.6) is 0 Å². The molecule has 0 aromatic heterocycles. The molecule has 1 saturated carbocycles. The predicted molar refractivity (Wildman–Crippen MR) is 65.2 cm³/mol. The summed E-state index contributed by atoms with van der Waals surface area (Å²) in [5.74, 6) is -0.233. The third-order valence-electron chi connectivity index (χ3n) is 3.92. The summed E-state index contributed by atoms with van der Waals surface area (Å²) in [5.41, 5.74) is 5.95. The lowest BCUT2D eigenvalue weighted by Gasteiger charge is -2.18. The number of carboxylic acids is 1. The van der Waals surface area contributed by atoms with E-state index in [2.05, 4.69) is 6.92 Å². The third kappa shape index (κ3) is 4.12.